The molecule has 2 aromatic rings. The zero-order chi connectivity index (χ0) is 32.4. The molecule has 4 saturated carbocycles. The highest BCUT2D eigenvalue weighted by molar-refractivity contribution is 7.93. The highest BCUT2D eigenvalue weighted by Gasteiger charge is 2.65. The summed E-state index contributed by atoms with van der Waals surface area (Å²) in [6.07, 6.45) is 7.58. The molecule has 2 bridgehead atoms. The van der Waals surface area contributed by atoms with E-state index in [-0.39, 0.29) is 23.2 Å². The van der Waals surface area contributed by atoms with Crippen LogP contribution in [0.25, 0.3) is 0 Å². The molecule has 3 aliphatic heterocycles. The maximum atomic E-state index is 14.9. The average Bonchev–Trinajstić information content (AvgIpc) is 3.41. The molecule has 10 heteroatoms. The van der Waals surface area contributed by atoms with Crippen LogP contribution in [-0.4, -0.2) is 92.6 Å². The van der Waals surface area contributed by atoms with Crippen molar-refractivity contribution in [2.24, 2.45) is 23.7 Å². The standard InChI is InChI=1S/C37H49FN4O4S/c38-30-5-1-4-29(18-30)37(25-41-14-3-15-41,33-6-2-7-34(33)39-35(43)44)28-12-16-40(17-13-28)22-27-23-42(24-27)31-8-10-32(11-9-31)47(45,46)36-19-26(20-36)21-36/h1,4-5,8-11,18,26-28,33-34,39H,2-3,6-7,12-17,19-25H2,(H,43,44)/t26?,33-,34-,36?,37?/m0/s1. The number of hydrogen-bond acceptors (Lipinski definition) is 6. The lowest BCUT2D eigenvalue weighted by atomic mass is 9.55. The molecule has 2 N–H and O–H groups in total. The number of anilines is 1. The van der Waals surface area contributed by atoms with Crippen LogP contribution < -0.4 is 10.2 Å². The van der Waals surface area contributed by atoms with Gasteiger partial charge in [0.25, 0.3) is 0 Å². The van der Waals surface area contributed by atoms with Crippen molar-refractivity contribution < 1.29 is 22.7 Å². The summed E-state index contributed by atoms with van der Waals surface area (Å²) in [7, 11) is -3.23. The molecule has 0 radical (unpaired) electrons. The number of piperidine rings is 1. The number of amides is 1. The fourth-order valence-electron chi connectivity index (χ4n) is 10.4. The topological polar surface area (TPSA) is 93.2 Å². The number of benzene rings is 2. The van der Waals surface area contributed by atoms with E-state index in [0.717, 1.165) is 115 Å². The van der Waals surface area contributed by atoms with Gasteiger partial charge in [0, 0.05) is 49.2 Å². The van der Waals surface area contributed by atoms with Gasteiger partial charge in [-0.05, 0) is 137 Å². The molecule has 1 amide bonds. The Hall–Kier alpha value is -2.69. The Balaban J connectivity index is 0.927. The molecule has 0 spiro atoms. The highest BCUT2D eigenvalue weighted by Crippen LogP contribution is 2.63. The van der Waals surface area contributed by atoms with E-state index >= 15 is 0 Å². The van der Waals surface area contributed by atoms with Crippen molar-refractivity contribution in [2.75, 3.05) is 57.3 Å². The lowest BCUT2D eigenvalue weighted by Gasteiger charge is -2.60. The van der Waals surface area contributed by atoms with E-state index in [1.807, 2.05) is 30.3 Å². The van der Waals surface area contributed by atoms with E-state index in [1.54, 1.807) is 6.07 Å². The van der Waals surface area contributed by atoms with E-state index in [0.29, 0.717) is 22.6 Å². The first kappa shape index (κ1) is 31.6. The second kappa shape index (κ2) is 12.0. The number of carboxylic acid groups (broad SMARTS) is 1. The van der Waals surface area contributed by atoms with Crippen LogP contribution in [0.15, 0.2) is 53.4 Å². The second-order valence-corrected chi connectivity index (χ2v) is 18.1. The fraction of sp³-hybridized carbons (Fsp3) is 0.649. The zero-order valence-electron chi connectivity index (χ0n) is 27.3. The van der Waals surface area contributed by atoms with Crippen LogP contribution in [0.5, 0.6) is 0 Å². The third kappa shape index (κ3) is 5.46. The van der Waals surface area contributed by atoms with Gasteiger partial charge in [-0.3, -0.25) is 0 Å². The van der Waals surface area contributed by atoms with Crippen molar-refractivity contribution in [2.45, 2.75) is 78.9 Å². The van der Waals surface area contributed by atoms with E-state index in [2.05, 4.69) is 26.1 Å². The third-order valence-corrected chi connectivity index (χ3v) is 15.7. The summed E-state index contributed by atoms with van der Waals surface area (Å²) in [6, 6.07) is 14.7. The van der Waals surface area contributed by atoms with Crippen LogP contribution in [0.3, 0.4) is 0 Å². The maximum absolute atomic E-state index is 14.9. The predicted molar refractivity (Wildman–Crippen MR) is 180 cm³/mol. The summed E-state index contributed by atoms with van der Waals surface area (Å²) in [5, 5.41) is 12.6. The Morgan fingerprint density at radius 1 is 0.936 bits per heavy atom. The Labute approximate surface area is 278 Å². The molecule has 7 aliphatic rings. The molecular weight excluding hydrogens is 615 g/mol. The summed E-state index contributed by atoms with van der Waals surface area (Å²) in [6.45, 7) is 7.96. The fourth-order valence-corrected chi connectivity index (χ4v) is 12.8. The van der Waals surface area contributed by atoms with Crippen molar-refractivity contribution in [3.05, 3.63) is 59.9 Å². The molecule has 3 saturated heterocycles. The molecule has 254 valence electrons. The Bertz CT molecular complexity index is 1570. The Kier molecular flexibility index (Phi) is 8.07. The van der Waals surface area contributed by atoms with E-state index < -0.39 is 20.7 Å². The first-order chi connectivity index (χ1) is 22.6. The number of sulfone groups is 1. The second-order valence-electron chi connectivity index (χ2n) is 15.8. The molecule has 3 heterocycles. The smallest absolute Gasteiger partial charge is 0.404 e. The molecule has 0 aromatic heterocycles. The number of rotatable bonds is 11. The van der Waals surface area contributed by atoms with Crippen LogP contribution in [0.2, 0.25) is 0 Å². The number of nitrogens with zero attached hydrogens (tertiary/aromatic N) is 3. The van der Waals surface area contributed by atoms with Gasteiger partial charge in [0.15, 0.2) is 9.84 Å². The largest absolute Gasteiger partial charge is 0.465 e. The van der Waals surface area contributed by atoms with Gasteiger partial charge >= 0.3 is 6.09 Å². The number of hydrogen-bond donors (Lipinski definition) is 2. The van der Waals surface area contributed by atoms with Gasteiger partial charge in [-0.25, -0.2) is 17.6 Å². The number of carbonyl (C=O) groups is 1. The number of halogens is 1. The molecule has 3 atom stereocenters. The van der Waals surface area contributed by atoms with Gasteiger partial charge in [0.2, 0.25) is 0 Å². The van der Waals surface area contributed by atoms with Crippen LogP contribution >= 0.6 is 0 Å². The van der Waals surface area contributed by atoms with E-state index in [9.17, 15) is 22.7 Å². The van der Waals surface area contributed by atoms with Crippen LogP contribution in [0.1, 0.15) is 63.4 Å². The van der Waals surface area contributed by atoms with Crippen LogP contribution in [-0.2, 0) is 15.3 Å². The zero-order valence-corrected chi connectivity index (χ0v) is 28.1. The van der Waals surface area contributed by atoms with E-state index in [1.165, 1.54) is 12.5 Å². The molecule has 1 unspecified atom stereocenters. The van der Waals surface area contributed by atoms with Crippen molar-refractivity contribution in [3.63, 3.8) is 0 Å². The molecule has 2 aromatic carbocycles. The monoisotopic (exact) mass is 664 g/mol. The first-order valence-electron chi connectivity index (χ1n) is 18.0. The van der Waals surface area contributed by atoms with Crippen molar-refractivity contribution in [1.82, 2.24) is 15.1 Å². The molecule has 47 heavy (non-hydrogen) atoms. The van der Waals surface area contributed by atoms with Gasteiger partial charge in [0.05, 0.1) is 9.64 Å². The maximum Gasteiger partial charge on any atom is 0.404 e. The minimum absolute atomic E-state index is 0.117. The van der Waals surface area contributed by atoms with Gasteiger partial charge in [0.1, 0.15) is 5.82 Å². The van der Waals surface area contributed by atoms with Gasteiger partial charge in [-0.2, -0.15) is 0 Å². The Morgan fingerprint density at radius 3 is 2.26 bits per heavy atom. The number of likely N-dealkylation sites (tertiary alicyclic amines) is 2. The molecule has 9 rings (SSSR count). The summed E-state index contributed by atoms with van der Waals surface area (Å²) >= 11 is 0. The summed E-state index contributed by atoms with van der Waals surface area (Å²) in [5.41, 5.74) is 1.84. The normalized spacial score (nSPS) is 31.3. The lowest BCUT2D eigenvalue weighted by Crippen LogP contribution is -2.62. The average molecular weight is 665 g/mol. The quantitative estimate of drug-likeness (QED) is 0.333. The SMILES string of the molecule is O=C(O)N[C@H]1CCC[C@@H]1C(CN1CCC1)(c1cccc(F)c1)C1CCN(CC2CN(c3ccc(S(=O)(=O)C45CC(C4)C5)cc3)C2)CC1. The van der Waals surface area contributed by atoms with Crippen molar-refractivity contribution in [1.29, 1.82) is 0 Å². The van der Waals surface area contributed by atoms with Gasteiger partial charge in [-0.15, -0.1) is 0 Å². The van der Waals surface area contributed by atoms with Gasteiger partial charge < -0.3 is 25.1 Å². The third-order valence-electron chi connectivity index (χ3n) is 13.1. The summed E-state index contributed by atoms with van der Waals surface area (Å²) in [4.78, 5) is 19.8. The van der Waals surface area contributed by atoms with E-state index in [4.69, 9.17) is 0 Å². The van der Waals surface area contributed by atoms with Crippen LogP contribution in [0.4, 0.5) is 14.9 Å². The lowest BCUT2D eigenvalue weighted by molar-refractivity contribution is 0.0226. The van der Waals surface area contributed by atoms with Gasteiger partial charge in [-0.1, -0.05) is 18.6 Å². The highest BCUT2D eigenvalue weighted by atomic mass is 32.2. The number of nitrogens with one attached hydrogen (secondary N) is 1. The first-order valence-corrected chi connectivity index (χ1v) is 19.4. The minimum Gasteiger partial charge on any atom is -0.465 e. The molecule has 4 aliphatic carbocycles. The van der Waals surface area contributed by atoms with Crippen molar-refractivity contribution in [3.8, 4) is 0 Å². The van der Waals surface area contributed by atoms with Crippen molar-refractivity contribution >= 4 is 21.6 Å². The molecular formula is C37H49FN4O4S. The summed E-state index contributed by atoms with van der Waals surface area (Å²) in [5.74, 6) is 1.48. The predicted octanol–water partition coefficient (Wildman–Crippen LogP) is 5.38. The minimum atomic E-state index is -3.23. The summed E-state index contributed by atoms with van der Waals surface area (Å²) < 4.78 is 40.7. The molecule has 7 fully saturated rings. The molecule has 8 nitrogen and oxygen atoms in total. The van der Waals surface area contributed by atoms with Crippen LogP contribution in [0, 0.1) is 29.5 Å². The Morgan fingerprint density at radius 2 is 1.66 bits per heavy atom.